The second-order valence-electron chi connectivity index (χ2n) is 3.00. The molecule has 0 aliphatic rings. The molecule has 0 aliphatic heterocycles. The molecule has 3 nitrogen and oxygen atoms in total. The van der Waals surface area contributed by atoms with E-state index in [4.69, 9.17) is 17.3 Å². The van der Waals surface area contributed by atoms with E-state index >= 15 is 0 Å². The molecule has 0 saturated carbocycles. The van der Waals surface area contributed by atoms with Gasteiger partial charge < -0.3 is 10.5 Å². The first-order chi connectivity index (χ1) is 6.56. The summed E-state index contributed by atoms with van der Waals surface area (Å²) in [5.41, 5.74) is 7.30. The summed E-state index contributed by atoms with van der Waals surface area (Å²) in [5, 5.41) is 0.628. The van der Waals surface area contributed by atoms with Gasteiger partial charge in [-0.1, -0.05) is 17.7 Å². The van der Waals surface area contributed by atoms with Gasteiger partial charge in [-0.15, -0.1) is 12.4 Å². The number of hydrogen-bond donors (Lipinski definition) is 1. The second kappa shape index (κ2) is 5.95. The van der Waals surface area contributed by atoms with Crippen LogP contribution in [0.2, 0.25) is 5.02 Å². The number of aryl methyl sites for hydroxylation is 1. The summed E-state index contributed by atoms with van der Waals surface area (Å²) < 4.78 is 4.55. The SMILES string of the molecule is COC(=O)[C@@H](N)c1ccc(Cl)cc1C.Cl. The van der Waals surface area contributed by atoms with Gasteiger partial charge >= 0.3 is 5.97 Å². The molecular formula is C10H13Cl2NO2. The largest absolute Gasteiger partial charge is 0.468 e. The van der Waals surface area contributed by atoms with Crippen LogP contribution in [0.3, 0.4) is 0 Å². The number of carbonyl (C=O) groups is 1. The van der Waals surface area contributed by atoms with Crippen LogP contribution < -0.4 is 5.73 Å². The summed E-state index contributed by atoms with van der Waals surface area (Å²) in [4.78, 5) is 11.2. The third-order valence-electron chi connectivity index (χ3n) is 2.02. The van der Waals surface area contributed by atoms with Gasteiger partial charge in [0.25, 0.3) is 0 Å². The Bertz CT molecular complexity index is 355. The number of carbonyl (C=O) groups excluding carboxylic acids is 1. The van der Waals surface area contributed by atoms with Gasteiger partial charge in [-0.2, -0.15) is 0 Å². The van der Waals surface area contributed by atoms with Crippen LogP contribution in [0.5, 0.6) is 0 Å². The summed E-state index contributed by atoms with van der Waals surface area (Å²) in [6.07, 6.45) is 0. The monoisotopic (exact) mass is 249 g/mol. The molecule has 0 amide bonds. The molecule has 15 heavy (non-hydrogen) atoms. The van der Waals surface area contributed by atoms with Crippen LogP contribution in [0.15, 0.2) is 18.2 Å². The number of rotatable bonds is 2. The highest BCUT2D eigenvalue weighted by molar-refractivity contribution is 6.30. The first-order valence-electron chi connectivity index (χ1n) is 4.15. The number of hydrogen-bond acceptors (Lipinski definition) is 3. The van der Waals surface area contributed by atoms with Crippen LogP contribution in [-0.4, -0.2) is 13.1 Å². The zero-order valence-electron chi connectivity index (χ0n) is 8.49. The van der Waals surface area contributed by atoms with Gasteiger partial charge in [-0.05, 0) is 30.2 Å². The first-order valence-corrected chi connectivity index (χ1v) is 4.53. The highest BCUT2D eigenvalue weighted by atomic mass is 35.5. The molecule has 0 aliphatic carbocycles. The molecule has 2 N–H and O–H groups in total. The Labute approximate surface area is 100.0 Å². The maximum atomic E-state index is 11.2. The quantitative estimate of drug-likeness (QED) is 0.819. The van der Waals surface area contributed by atoms with Crippen molar-refractivity contribution in [1.29, 1.82) is 0 Å². The fourth-order valence-corrected chi connectivity index (χ4v) is 1.47. The van der Waals surface area contributed by atoms with Crippen molar-refractivity contribution < 1.29 is 9.53 Å². The summed E-state index contributed by atoms with van der Waals surface area (Å²) >= 11 is 5.78. The summed E-state index contributed by atoms with van der Waals surface area (Å²) in [6.45, 7) is 1.85. The van der Waals surface area contributed by atoms with Crippen LogP contribution >= 0.6 is 24.0 Å². The fourth-order valence-electron chi connectivity index (χ4n) is 1.24. The molecule has 0 unspecified atom stereocenters. The molecule has 0 spiro atoms. The molecule has 84 valence electrons. The van der Waals surface area contributed by atoms with E-state index < -0.39 is 12.0 Å². The first kappa shape index (κ1) is 14.2. The number of halogens is 2. The lowest BCUT2D eigenvalue weighted by molar-refractivity contribution is -0.142. The fraction of sp³-hybridized carbons (Fsp3) is 0.300. The minimum atomic E-state index is -0.739. The van der Waals surface area contributed by atoms with E-state index in [1.807, 2.05) is 6.92 Å². The van der Waals surface area contributed by atoms with Gasteiger partial charge in [0.2, 0.25) is 0 Å². The predicted octanol–water partition coefficient (Wildman–Crippen LogP) is 2.24. The normalized spacial score (nSPS) is 11.5. The summed E-state index contributed by atoms with van der Waals surface area (Å²) in [6, 6.07) is 4.46. The molecule has 0 heterocycles. The topological polar surface area (TPSA) is 52.3 Å². The molecular weight excluding hydrogens is 237 g/mol. The Balaban J connectivity index is 0.00000196. The van der Waals surface area contributed by atoms with E-state index in [9.17, 15) is 4.79 Å². The maximum absolute atomic E-state index is 11.2. The van der Waals surface area contributed by atoms with E-state index in [0.29, 0.717) is 5.02 Å². The van der Waals surface area contributed by atoms with E-state index in [2.05, 4.69) is 4.74 Å². The second-order valence-corrected chi connectivity index (χ2v) is 3.44. The van der Waals surface area contributed by atoms with Gasteiger partial charge in [0.1, 0.15) is 6.04 Å². The zero-order chi connectivity index (χ0) is 10.7. The van der Waals surface area contributed by atoms with Crippen molar-refractivity contribution in [3.63, 3.8) is 0 Å². The molecule has 0 bridgehead atoms. The third-order valence-corrected chi connectivity index (χ3v) is 2.26. The molecule has 0 aromatic heterocycles. The summed E-state index contributed by atoms with van der Waals surface area (Å²) in [7, 11) is 1.31. The highest BCUT2D eigenvalue weighted by Gasteiger charge is 2.17. The number of benzene rings is 1. The van der Waals surface area contributed by atoms with Crippen LogP contribution in [0.1, 0.15) is 17.2 Å². The van der Waals surface area contributed by atoms with Gasteiger partial charge in [-0.3, -0.25) is 4.79 Å². The molecule has 1 atom stereocenters. The Morgan fingerprint density at radius 2 is 2.13 bits per heavy atom. The lowest BCUT2D eigenvalue weighted by Crippen LogP contribution is -2.23. The Kier molecular flexibility index (Phi) is 5.65. The lowest BCUT2D eigenvalue weighted by Gasteiger charge is -2.12. The van der Waals surface area contributed by atoms with Crippen molar-refractivity contribution in [2.24, 2.45) is 5.73 Å². The Hall–Kier alpha value is -0.770. The van der Waals surface area contributed by atoms with Gasteiger partial charge in [-0.25, -0.2) is 0 Å². The number of nitrogens with two attached hydrogens (primary N) is 1. The maximum Gasteiger partial charge on any atom is 0.327 e. The minimum Gasteiger partial charge on any atom is -0.468 e. The standard InChI is InChI=1S/C10H12ClNO2.ClH/c1-6-5-7(11)3-4-8(6)9(12)10(13)14-2;/h3-5,9H,12H2,1-2H3;1H/t9-;/m0./s1. The summed E-state index contributed by atoms with van der Waals surface area (Å²) in [5.74, 6) is -0.449. The zero-order valence-corrected chi connectivity index (χ0v) is 10.1. The van der Waals surface area contributed by atoms with Crippen molar-refractivity contribution in [1.82, 2.24) is 0 Å². The average Bonchev–Trinajstić information content (AvgIpc) is 2.15. The molecule has 5 heteroatoms. The van der Waals surface area contributed by atoms with Crippen LogP contribution in [-0.2, 0) is 9.53 Å². The molecule has 1 aromatic rings. The van der Waals surface area contributed by atoms with Crippen molar-refractivity contribution in [3.8, 4) is 0 Å². The van der Waals surface area contributed by atoms with Gasteiger partial charge in [0.15, 0.2) is 0 Å². The lowest BCUT2D eigenvalue weighted by atomic mass is 10.0. The van der Waals surface area contributed by atoms with Crippen molar-refractivity contribution in [2.75, 3.05) is 7.11 Å². The smallest absolute Gasteiger partial charge is 0.327 e. The van der Waals surface area contributed by atoms with E-state index in [1.165, 1.54) is 7.11 Å². The van der Waals surface area contributed by atoms with Gasteiger partial charge in [0.05, 0.1) is 7.11 Å². The van der Waals surface area contributed by atoms with Crippen LogP contribution in [0.4, 0.5) is 0 Å². The molecule has 0 radical (unpaired) electrons. The third kappa shape index (κ3) is 3.38. The van der Waals surface area contributed by atoms with Crippen molar-refractivity contribution >= 4 is 30.0 Å². The predicted molar refractivity (Wildman–Crippen MR) is 62.4 cm³/mol. The van der Waals surface area contributed by atoms with Crippen LogP contribution in [0.25, 0.3) is 0 Å². The Morgan fingerprint density at radius 3 is 2.60 bits per heavy atom. The van der Waals surface area contributed by atoms with Crippen molar-refractivity contribution in [3.05, 3.63) is 34.3 Å². The number of methoxy groups -OCH3 is 1. The van der Waals surface area contributed by atoms with E-state index in [-0.39, 0.29) is 12.4 Å². The molecule has 1 rings (SSSR count). The Morgan fingerprint density at radius 1 is 1.53 bits per heavy atom. The average molecular weight is 250 g/mol. The highest BCUT2D eigenvalue weighted by Crippen LogP contribution is 2.20. The van der Waals surface area contributed by atoms with E-state index in [1.54, 1.807) is 18.2 Å². The van der Waals surface area contributed by atoms with Crippen LogP contribution in [0, 0.1) is 6.92 Å². The molecule has 0 fully saturated rings. The van der Waals surface area contributed by atoms with Crippen molar-refractivity contribution in [2.45, 2.75) is 13.0 Å². The van der Waals surface area contributed by atoms with E-state index in [0.717, 1.165) is 11.1 Å². The van der Waals surface area contributed by atoms with Gasteiger partial charge in [0, 0.05) is 5.02 Å². The minimum absolute atomic E-state index is 0. The number of esters is 1. The molecule has 1 aromatic carbocycles. The molecule has 0 saturated heterocycles. The number of ether oxygens (including phenoxy) is 1.